The Balaban J connectivity index is 2.39. The zero-order chi connectivity index (χ0) is 13.7. The zero-order valence-corrected chi connectivity index (χ0v) is 10.9. The van der Waals surface area contributed by atoms with Gasteiger partial charge in [-0.3, -0.25) is 14.8 Å². The van der Waals surface area contributed by atoms with Crippen LogP contribution in [0.25, 0.3) is 11.0 Å². The summed E-state index contributed by atoms with van der Waals surface area (Å²) >= 11 is 0. The van der Waals surface area contributed by atoms with E-state index in [2.05, 4.69) is 9.97 Å². The Labute approximate surface area is 111 Å². The van der Waals surface area contributed by atoms with Gasteiger partial charge in [0.1, 0.15) is 5.52 Å². The van der Waals surface area contributed by atoms with Crippen molar-refractivity contribution in [3.05, 3.63) is 36.2 Å². The Morgan fingerprint density at radius 3 is 2.79 bits per heavy atom. The molecule has 0 saturated heterocycles. The first-order valence-electron chi connectivity index (χ1n) is 6.37. The van der Waals surface area contributed by atoms with Gasteiger partial charge < -0.3 is 10.0 Å². The van der Waals surface area contributed by atoms with Gasteiger partial charge in [-0.1, -0.05) is 13.0 Å². The molecule has 1 heterocycles. The van der Waals surface area contributed by atoms with Gasteiger partial charge in [0.2, 0.25) is 0 Å². The van der Waals surface area contributed by atoms with E-state index in [0.29, 0.717) is 29.7 Å². The molecule has 0 bridgehead atoms. The molecular formula is C14H17N3O2. The molecule has 5 nitrogen and oxygen atoms in total. The quantitative estimate of drug-likeness (QED) is 0.883. The summed E-state index contributed by atoms with van der Waals surface area (Å²) in [5.74, 6) is -0.109. The fraction of sp³-hybridized carbons (Fsp3) is 0.357. The smallest absolute Gasteiger partial charge is 0.256 e. The molecule has 5 heteroatoms. The van der Waals surface area contributed by atoms with E-state index in [-0.39, 0.29) is 12.5 Å². The lowest BCUT2D eigenvalue weighted by Crippen LogP contribution is -2.34. The number of amides is 1. The Kier molecular flexibility index (Phi) is 4.41. The second kappa shape index (κ2) is 6.24. The first kappa shape index (κ1) is 13.4. The van der Waals surface area contributed by atoms with Crippen LogP contribution >= 0.6 is 0 Å². The Morgan fingerprint density at radius 2 is 2.05 bits per heavy atom. The van der Waals surface area contributed by atoms with Gasteiger partial charge in [-0.25, -0.2) is 0 Å². The third kappa shape index (κ3) is 2.88. The van der Waals surface area contributed by atoms with Gasteiger partial charge in [-0.2, -0.15) is 0 Å². The molecule has 0 radical (unpaired) electrons. The Morgan fingerprint density at radius 1 is 1.26 bits per heavy atom. The number of nitrogens with zero attached hydrogens (tertiary/aromatic N) is 3. The summed E-state index contributed by atoms with van der Waals surface area (Å²) in [6.45, 7) is 2.92. The number of carbonyl (C=O) groups is 1. The van der Waals surface area contributed by atoms with E-state index in [9.17, 15) is 4.79 Å². The highest BCUT2D eigenvalue weighted by Gasteiger charge is 2.17. The second-order valence-electron chi connectivity index (χ2n) is 4.25. The zero-order valence-electron chi connectivity index (χ0n) is 10.9. The van der Waals surface area contributed by atoms with Crippen LogP contribution in [-0.2, 0) is 0 Å². The van der Waals surface area contributed by atoms with E-state index < -0.39 is 0 Å². The van der Waals surface area contributed by atoms with Crippen molar-refractivity contribution in [2.24, 2.45) is 0 Å². The standard InChI is InChI=1S/C14H17N3O2/c1-2-8-17(9-10-18)14(19)11-4-3-5-12-13(11)16-7-6-15-12/h3-7,18H,2,8-10H2,1H3. The number of para-hydroxylation sites is 1. The molecule has 1 amide bonds. The van der Waals surface area contributed by atoms with Crippen LogP contribution in [0.15, 0.2) is 30.6 Å². The van der Waals surface area contributed by atoms with Crippen LogP contribution in [0.4, 0.5) is 0 Å². The largest absolute Gasteiger partial charge is 0.395 e. The molecule has 0 spiro atoms. The lowest BCUT2D eigenvalue weighted by molar-refractivity contribution is 0.0723. The van der Waals surface area contributed by atoms with Crippen LogP contribution < -0.4 is 0 Å². The molecule has 0 aliphatic heterocycles. The number of rotatable bonds is 5. The van der Waals surface area contributed by atoms with Crippen molar-refractivity contribution >= 4 is 16.9 Å². The highest BCUT2D eigenvalue weighted by atomic mass is 16.3. The molecule has 0 saturated carbocycles. The van der Waals surface area contributed by atoms with Crippen LogP contribution in [0, 0.1) is 0 Å². The number of hydrogen-bond acceptors (Lipinski definition) is 4. The highest BCUT2D eigenvalue weighted by Crippen LogP contribution is 2.16. The molecule has 0 unspecified atom stereocenters. The monoisotopic (exact) mass is 259 g/mol. The predicted molar refractivity (Wildman–Crippen MR) is 72.8 cm³/mol. The number of hydrogen-bond donors (Lipinski definition) is 1. The fourth-order valence-electron chi connectivity index (χ4n) is 2.04. The van der Waals surface area contributed by atoms with Crippen LogP contribution in [0.2, 0.25) is 0 Å². The maximum atomic E-state index is 12.5. The number of fused-ring (bicyclic) bond motifs is 1. The molecule has 1 aromatic heterocycles. The third-order valence-corrected chi connectivity index (χ3v) is 2.88. The summed E-state index contributed by atoms with van der Waals surface area (Å²) in [4.78, 5) is 22.6. The topological polar surface area (TPSA) is 66.3 Å². The molecule has 100 valence electrons. The van der Waals surface area contributed by atoms with Crippen LogP contribution in [-0.4, -0.2) is 45.6 Å². The van der Waals surface area contributed by atoms with Crippen LogP contribution in [0.1, 0.15) is 23.7 Å². The normalized spacial score (nSPS) is 10.6. The minimum absolute atomic E-state index is 0.0395. The average Bonchev–Trinajstić information content (AvgIpc) is 2.46. The summed E-state index contributed by atoms with van der Waals surface area (Å²) < 4.78 is 0. The number of aliphatic hydroxyl groups is 1. The van der Waals surface area contributed by atoms with Crippen molar-refractivity contribution in [2.75, 3.05) is 19.7 Å². The maximum absolute atomic E-state index is 12.5. The van der Waals surface area contributed by atoms with Crippen LogP contribution in [0.5, 0.6) is 0 Å². The van der Waals surface area contributed by atoms with E-state index in [4.69, 9.17) is 5.11 Å². The molecule has 0 aliphatic carbocycles. The first-order chi connectivity index (χ1) is 9.27. The van der Waals surface area contributed by atoms with E-state index in [0.717, 1.165) is 6.42 Å². The molecule has 2 aromatic rings. The van der Waals surface area contributed by atoms with Crippen molar-refractivity contribution in [1.29, 1.82) is 0 Å². The second-order valence-corrected chi connectivity index (χ2v) is 4.25. The lowest BCUT2D eigenvalue weighted by Gasteiger charge is -2.21. The molecule has 2 rings (SSSR count). The number of carbonyl (C=O) groups excluding carboxylic acids is 1. The summed E-state index contributed by atoms with van der Waals surface area (Å²) in [6.07, 6.45) is 4.03. The molecule has 0 aliphatic rings. The summed E-state index contributed by atoms with van der Waals surface area (Å²) in [5.41, 5.74) is 1.84. The SMILES string of the molecule is CCCN(CCO)C(=O)c1cccc2nccnc12. The van der Waals surface area contributed by atoms with E-state index in [1.54, 1.807) is 29.4 Å². The Hall–Kier alpha value is -2.01. The molecule has 1 aromatic carbocycles. The third-order valence-electron chi connectivity index (χ3n) is 2.88. The predicted octanol–water partition coefficient (Wildman–Crippen LogP) is 1.47. The molecular weight excluding hydrogens is 242 g/mol. The maximum Gasteiger partial charge on any atom is 0.256 e. The number of aromatic nitrogens is 2. The van der Waals surface area contributed by atoms with Gasteiger partial charge >= 0.3 is 0 Å². The summed E-state index contributed by atoms with van der Waals surface area (Å²) in [7, 11) is 0. The van der Waals surface area contributed by atoms with Crippen molar-refractivity contribution in [3.63, 3.8) is 0 Å². The fourth-order valence-corrected chi connectivity index (χ4v) is 2.04. The highest BCUT2D eigenvalue weighted by molar-refractivity contribution is 6.04. The molecule has 19 heavy (non-hydrogen) atoms. The number of benzene rings is 1. The first-order valence-corrected chi connectivity index (χ1v) is 6.37. The summed E-state index contributed by atoms with van der Waals surface area (Å²) in [5, 5.41) is 9.05. The van der Waals surface area contributed by atoms with Gasteiger partial charge in [0.15, 0.2) is 0 Å². The molecule has 0 atom stereocenters. The van der Waals surface area contributed by atoms with Gasteiger partial charge in [0.05, 0.1) is 17.7 Å². The van der Waals surface area contributed by atoms with E-state index in [1.165, 1.54) is 0 Å². The average molecular weight is 259 g/mol. The molecule has 0 fully saturated rings. The van der Waals surface area contributed by atoms with Gasteiger partial charge in [-0.05, 0) is 18.6 Å². The van der Waals surface area contributed by atoms with Crippen LogP contribution in [0.3, 0.4) is 0 Å². The lowest BCUT2D eigenvalue weighted by atomic mass is 10.1. The minimum Gasteiger partial charge on any atom is -0.395 e. The Bertz CT molecular complexity index is 560. The van der Waals surface area contributed by atoms with Gasteiger partial charge in [0.25, 0.3) is 5.91 Å². The van der Waals surface area contributed by atoms with E-state index in [1.807, 2.05) is 13.0 Å². The van der Waals surface area contributed by atoms with E-state index >= 15 is 0 Å². The van der Waals surface area contributed by atoms with Crippen molar-refractivity contribution in [1.82, 2.24) is 14.9 Å². The summed E-state index contributed by atoms with van der Waals surface area (Å²) in [6, 6.07) is 5.38. The van der Waals surface area contributed by atoms with Gasteiger partial charge in [-0.15, -0.1) is 0 Å². The van der Waals surface area contributed by atoms with Gasteiger partial charge in [0, 0.05) is 25.5 Å². The van der Waals surface area contributed by atoms with Crippen molar-refractivity contribution in [3.8, 4) is 0 Å². The number of aliphatic hydroxyl groups excluding tert-OH is 1. The minimum atomic E-state index is -0.109. The molecule has 1 N–H and O–H groups in total. The van der Waals surface area contributed by atoms with Crippen molar-refractivity contribution < 1.29 is 9.90 Å². The van der Waals surface area contributed by atoms with Crippen molar-refractivity contribution in [2.45, 2.75) is 13.3 Å².